The van der Waals surface area contributed by atoms with E-state index in [1.165, 1.54) is 6.08 Å². The molecule has 16 heavy (non-hydrogen) atoms. The molecular formula is C11H13NO3S. The summed E-state index contributed by atoms with van der Waals surface area (Å²) in [5.41, 5.74) is 5.94. The van der Waals surface area contributed by atoms with Crippen LogP contribution in [0.1, 0.15) is 12.0 Å². The van der Waals surface area contributed by atoms with Gasteiger partial charge in [0.25, 0.3) is 0 Å². The van der Waals surface area contributed by atoms with Gasteiger partial charge in [-0.25, -0.2) is 8.42 Å². The van der Waals surface area contributed by atoms with Crippen molar-refractivity contribution in [2.24, 2.45) is 5.73 Å². The highest BCUT2D eigenvalue weighted by atomic mass is 32.2. The number of nitrogens with two attached hydrogens (primary N) is 1. The fraction of sp³-hybridized carbons (Fsp3) is 0.273. The Bertz CT molecular complexity index is 534. The molecule has 5 heteroatoms. The molecule has 86 valence electrons. The maximum absolute atomic E-state index is 12.0. The third-order valence-electron chi connectivity index (χ3n) is 2.59. The van der Waals surface area contributed by atoms with E-state index in [2.05, 4.69) is 0 Å². The zero-order valence-electron chi connectivity index (χ0n) is 8.63. The smallest absolute Gasteiger partial charge is 0.205 e. The molecular weight excluding hydrogens is 226 g/mol. The van der Waals surface area contributed by atoms with Crippen molar-refractivity contribution in [3.05, 3.63) is 34.7 Å². The summed E-state index contributed by atoms with van der Waals surface area (Å²) in [5.74, 6) is 0. The fourth-order valence-corrected chi connectivity index (χ4v) is 3.48. The summed E-state index contributed by atoms with van der Waals surface area (Å²) >= 11 is 0. The molecule has 3 N–H and O–H groups in total. The van der Waals surface area contributed by atoms with E-state index in [0.717, 1.165) is 0 Å². The Hall–Kier alpha value is -1.17. The number of aliphatic hydroxyl groups is 1. The standard InChI is InChI=1S/C11H13NO3S/c12-6-5-9(13)11-7-8-3-1-2-4-10(8)16(11,14)15/h1-4,7,9,13H,5-6,12H2. The Morgan fingerprint density at radius 3 is 2.62 bits per heavy atom. The average Bonchev–Trinajstić information content (AvgIpc) is 2.52. The lowest BCUT2D eigenvalue weighted by atomic mass is 10.1. The molecule has 0 spiro atoms. The molecule has 1 aromatic carbocycles. The van der Waals surface area contributed by atoms with Gasteiger partial charge in [0.2, 0.25) is 9.84 Å². The molecule has 0 saturated heterocycles. The minimum absolute atomic E-state index is 0.0548. The molecule has 1 atom stereocenters. The molecule has 0 aromatic heterocycles. The third-order valence-corrected chi connectivity index (χ3v) is 4.55. The molecule has 1 aliphatic heterocycles. The molecule has 1 aromatic rings. The number of hydrogen-bond acceptors (Lipinski definition) is 4. The lowest BCUT2D eigenvalue weighted by Crippen LogP contribution is -2.19. The summed E-state index contributed by atoms with van der Waals surface area (Å²) in [6.07, 6.45) is 0.756. The molecule has 0 radical (unpaired) electrons. The lowest BCUT2D eigenvalue weighted by molar-refractivity contribution is 0.211. The summed E-state index contributed by atoms with van der Waals surface area (Å²) in [5, 5.41) is 9.73. The second kappa shape index (κ2) is 4.01. The van der Waals surface area contributed by atoms with Crippen LogP contribution in [0, 0.1) is 0 Å². The molecule has 0 aliphatic carbocycles. The SMILES string of the molecule is NCCC(O)C1=Cc2ccccc2S1(=O)=O. The molecule has 1 heterocycles. The first-order chi connectivity index (χ1) is 7.57. The molecule has 1 aliphatic rings. The first kappa shape index (κ1) is 11.3. The number of benzene rings is 1. The van der Waals surface area contributed by atoms with Crippen LogP contribution in [0.3, 0.4) is 0 Å². The van der Waals surface area contributed by atoms with Crippen molar-refractivity contribution in [3.8, 4) is 0 Å². The molecule has 2 rings (SSSR count). The summed E-state index contributed by atoms with van der Waals surface area (Å²) in [4.78, 5) is 0.320. The largest absolute Gasteiger partial charge is 0.388 e. The van der Waals surface area contributed by atoms with Crippen molar-refractivity contribution in [2.45, 2.75) is 17.4 Å². The van der Waals surface area contributed by atoms with Crippen LogP contribution in [0.15, 0.2) is 34.1 Å². The molecule has 0 fully saturated rings. The van der Waals surface area contributed by atoms with Gasteiger partial charge in [0.05, 0.1) is 15.9 Å². The minimum atomic E-state index is -3.51. The van der Waals surface area contributed by atoms with Crippen LogP contribution in [-0.4, -0.2) is 26.2 Å². The van der Waals surface area contributed by atoms with Crippen molar-refractivity contribution in [1.82, 2.24) is 0 Å². The van der Waals surface area contributed by atoms with E-state index in [1.54, 1.807) is 24.3 Å². The van der Waals surface area contributed by atoms with Gasteiger partial charge in [0.15, 0.2) is 0 Å². The third kappa shape index (κ3) is 1.67. The highest BCUT2D eigenvalue weighted by Gasteiger charge is 2.33. The Morgan fingerprint density at radius 1 is 1.31 bits per heavy atom. The van der Waals surface area contributed by atoms with Gasteiger partial charge in [-0.2, -0.15) is 0 Å². The fourth-order valence-electron chi connectivity index (χ4n) is 1.78. The summed E-state index contributed by atoms with van der Waals surface area (Å²) in [6, 6.07) is 6.70. The Kier molecular flexibility index (Phi) is 2.84. The van der Waals surface area contributed by atoms with Crippen molar-refractivity contribution in [2.75, 3.05) is 6.54 Å². The summed E-state index contributed by atoms with van der Waals surface area (Å²) < 4.78 is 24.1. The van der Waals surface area contributed by atoms with Crippen LogP contribution in [0.25, 0.3) is 6.08 Å². The van der Waals surface area contributed by atoms with E-state index in [1.807, 2.05) is 0 Å². The van der Waals surface area contributed by atoms with Gasteiger partial charge in [-0.05, 0) is 30.7 Å². The average molecular weight is 239 g/mol. The molecule has 0 bridgehead atoms. The molecule has 4 nitrogen and oxygen atoms in total. The normalized spacial score (nSPS) is 19.0. The van der Waals surface area contributed by atoms with Crippen molar-refractivity contribution >= 4 is 15.9 Å². The van der Waals surface area contributed by atoms with Crippen LogP contribution in [0.2, 0.25) is 0 Å². The Morgan fingerprint density at radius 2 is 2.00 bits per heavy atom. The molecule has 0 amide bonds. The van der Waals surface area contributed by atoms with Gasteiger partial charge in [-0.3, -0.25) is 0 Å². The maximum Gasteiger partial charge on any atom is 0.205 e. The quantitative estimate of drug-likeness (QED) is 0.806. The van der Waals surface area contributed by atoms with Gasteiger partial charge in [-0.1, -0.05) is 18.2 Å². The van der Waals surface area contributed by atoms with E-state index in [9.17, 15) is 13.5 Å². The number of sulfone groups is 1. The predicted molar refractivity (Wildman–Crippen MR) is 61.3 cm³/mol. The molecule has 1 unspecified atom stereocenters. The van der Waals surface area contributed by atoms with Gasteiger partial charge in [-0.15, -0.1) is 0 Å². The van der Waals surface area contributed by atoms with Gasteiger partial charge in [0, 0.05) is 0 Å². The Balaban J connectivity index is 2.47. The first-order valence-electron chi connectivity index (χ1n) is 5.01. The lowest BCUT2D eigenvalue weighted by Gasteiger charge is -2.10. The van der Waals surface area contributed by atoms with Crippen molar-refractivity contribution < 1.29 is 13.5 Å². The van der Waals surface area contributed by atoms with Gasteiger partial charge >= 0.3 is 0 Å². The van der Waals surface area contributed by atoms with Crippen LogP contribution >= 0.6 is 0 Å². The monoisotopic (exact) mass is 239 g/mol. The zero-order chi connectivity index (χ0) is 11.8. The highest BCUT2D eigenvalue weighted by Crippen LogP contribution is 2.34. The predicted octanol–water partition coefficient (Wildman–Crippen LogP) is 0.525. The number of aliphatic hydroxyl groups excluding tert-OH is 1. The highest BCUT2D eigenvalue weighted by molar-refractivity contribution is 7.96. The van der Waals surface area contributed by atoms with Crippen LogP contribution in [0.4, 0.5) is 0 Å². The molecule has 0 saturated carbocycles. The second-order valence-corrected chi connectivity index (χ2v) is 5.60. The van der Waals surface area contributed by atoms with E-state index < -0.39 is 15.9 Å². The van der Waals surface area contributed by atoms with E-state index in [0.29, 0.717) is 5.56 Å². The summed E-state index contributed by atoms with van der Waals surface area (Å²) in [6.45, 7) is 0.254. The zero-order valence-corrected chi connectivity index (χ0v) is 9.44. The van der Waals surface area contributed by atoms with Gasteiger partial charge < -0.3 is 10.8 Å². The van der Waals surface area contributed by atoms with Crippen LogP contribution in [-0.2, 0) is 9.84 Å². The number of rotatable bonds is 3. The minimum Gasteiger partial charge on any atom is -0.388 e. The first-order valence-corrected chi connectivity index (χ1v) is 6.49. The van der Waals surface area contributed by atoms with Gasteiger partial charge in [0.1, 0.15) is 0 Å². The number of fused-ring (bicyclic) bond motifs is 1. The van der Waals surface area contributed by atoms with E-state index in [-0.39, 0.29) is 22.8 Å². The Labute approximate surface area is 94.3 Å². The van der Waals surface area contributed by atoms with Crippen LogP contribution < -0.4 is 5.73 Å². The van der Waals surface area contributed by atoms with Crippen molar-refractivity contribution in [1.29, 1.82) is 0 Å². The van der Waals surface area contributed by atoms with E-state index >= 15 is 0 Å². The number of hydrogen-bond donors (Lipinski definition) is 2. The van der Waals surface area contributed by atoms with Crippen LogP contribution in [0.5, 0.6) is 0 Å². The second-order valence-electron chi connectivity index (χ2n) is 3.68. The maximum atomic E-state index is 12.0. The van der Waals surface area contributed by atoms with E-state index in [4.69, 9.17) is 5.73 Å². The summed E-state index contributed by atoms with van der Waals surface area (Å²) in [7, 11) is -3.51. The van der Waals surface area contributed by atoms with Crippen molar-refractivity contribution in [3.63, 3.8) is 0 Å². The topological polar surface area (TPSA) is 80.4 Å².